The van der Waals surface area contributed by atoms with E-state index in [0.717, 1.165) is 35.3 Å². The van der Waals surface area contributed by atoms with Gasteiger partial charge in [0.25, 0.3) is 0 Å². The van der Waals surface area contributed by atoms with Gasteiger partial charge in [0, 0.05) is 29.9 Å². The molecule has 6 rings (SSSR count). The molecule has 1 spiro atoms. The number of aromatic nitrogens is 5. The number of nitrogen functional groups attached to an aromatic ring is 1. The number of ether oxygens (including phenoxy) is 1. The molecule has 0 amide bonds. The van der Waals surface area contributed by atoms with E-state index >= 15 is 0 Å². The summed E-state index contributed by atoms with van der Waals surface area (Å²) in [5.74, 6) is 1.58. The summed E-state index contributed by atoms with van der Waals surface area (Å²) >= 11 is 5.89. The number of benzene rings is 1. The first-order valence-electron chi connectivity index (χ1n) is 10.7. The van der Waals surface area contributed by atoms with E-state index in [2.05, 4.69) is 20.3 Å². The molecule has 3 N–H and O–H groups in total. The summed E-state index contributed by atoms with van der Waals surface area (Å²) in [5, 5.41) is 10.0. The van der Waals surface area contributed by atoms with E-state index in [1.54, 1.807) is 18.3 Å². The van der Waals surface area contributed by atoms with Crippen molar-refractivity contribution in [1.29, 1.82) is 0 Å². The summed E-state index contributed by atoms with van der Waals surface area (Å²) in [6, 6.07) is 11.4. The molecule has 10 heteroatoms. The monoisotopic (exact) mass is 483 g/mol. The minimum atomic E-state index is 0. The number of anilines is 1. The van der Waals surface area contributed by atoms with Gasteiger partial charge < -0.3 is 15.8 Å². The van der Waals surface area contributed by atoms with Crippen molar-refractivity contribution >= 4 is 40.9 Å². The smallest absolute Gasteiger partial charge is 0.219 e. The lowest BCUT2D eigenvalue weighted by atomic mass is 9.99. The Hall–Kier alpha value is -2.94. The maximum Gasteiger partial charge on any atom is 0.219 e. The Morgan fingerprint density at radius 3 is 2.55 bits per heavy atom. The second-order valence-electron chi connectivity index (χ2n) is 8.55. The van der Waals surface area contributed by atoms with Gasteiger partial charge in [0.2, 0.25) is 5.88 Å². The zero-order chi connectivity index (χ0) is 21.7. The Bertz CT molecular complexity index is 1280. The molecule has 2 aliphatic rings. The highest BCUT2D eigenvalue weighted by Gasteiger charge is 2.45. The minimum Gasteiger partial charge on any atom is -0.439 e. The van der Waals surface area contributed by atoms with Gasteiger partial charge in [0.15, 0.2) is 5.65 Å². The van der Waals surface area contributed by atoms with Gasteiger partial charge in [-0.05, 0) is 56.0 Å². The van der Waals surface area contributed by atoms with E-state index in [1.165, 1.54) is 25.6 Å². The number of nitrogens with one attached hydrogen (secondary N) is 1. The number of nitrogens with zero attached hydrogens (tertiary/aromatic N) is 5. The van der Waals surface area contributed by atoms with Crippen LogP contribution in [-0.4, -0.2) is 36.8 Å². The highest BCUT2D eigenvalue weighted by Crippen LogP contribution is 2.44. The lowest BCUT2D eigenvalue weighted by molar-refractivity contribution is 0.285. The molecule has 3 aromatic heterocycles. The number of rotatable bonds is 4. The molecule has 1 aliphatic carbocycles. The third-order valence-electron chi connectivity index (χ3n) is 6.44. The summed E-state index contributed by atoms with van der Waals surface area (Å²) in [6.07, 6.45) is 7.86. The fourth-order valence-electron chi connectivity index (χ4n) is 4.43. The fraction of sp³-hybridized carbons (Fsp3) is 0.304. The van der Waals surface area contributed by atoms with E-state index < -0.39 is 0 Å². The number of piperidine rings is 1. The maximum absolute atomic E-state index is 6.27. The summed E-state index contributed by atoms with van der Waals surface area (Å²) in [6.45, 7) is 0.890. The summed E-state index contributed by atoms with van der Waals surface area (Å²) in [7, 11) is 0. The molecule has 0 bridgehead atoms. The average molecular weight is 484 g/mol. The van der Waals surface area contributed by atoms with Crippen molar-refractivity contribution in [3.05, 3.63) is 53.9 Å². The van der Waals surface area contributed by atoms with Crippen LogP contribution in [0.3, 0.4) is 0 Å². The number of nitrogens with two attached hydrogens (primary N) is 1. The van der Waals surface area contributed by atoms with Crippen molar-refractivity contribution in [2.24, 2.45) is 0 Å². The highest BCUT2D eigenvalue weighted by atomic mass is 35.5. The van der Waals surface area contributed by atoms with Gasteiger partial charge in [0.1, 0.15) is 23.6 Å². The molecule has 4 heterocycles. The van der Waals surface area contributed by atoms with Crippen molar-refractivity contribution < 1.29 is 4.74 Å². The number of fused-ring (bicyclic) bond motifs is 1. The van der Waals surface area contributed by atoms with Crippen LogP contribution in [0.4, 0.5) is 5.82 Å². The second-order valence-corrected chi connectivity index (χ2v) is 8.98. The lowest BCUT2D eigenvalue weighted by Crippen LogP contribution is -2.41. The maximum atomic E-state index is 6.27. The van der Waals surface area contributed by atoms with Crippen LogP contribution < -0.4 is 15.8 Å². The Labute approximate surface area is 201 Å². The van der Waals surface area contributed by atoms with E-state index in [1.807, 2.05) is 28.9 Å². The standard InChI is InChI=1S/C23H22ClN7O.ClH/c24-15-3-6-18(26-11-15)32-17-4-1-14(2-5-17)20-19-21(25)27-13-28-22(19)31(30-20)16-7-8-23(9-10-23)29-12-16;/h1-6,11,13,16,29H,7-10,12H2,(H2,25,27,28);1H. The number of hydrogen-bond acceptors (Lipinski definition) is 7. The Balaban J connectivity index is 0.00000228. The van der Waals surface area contributed by atoms with Crippen molar-refractivity contribution in [2.45, 2.75) is 37.3 Å². The van der Waals surface area contributed by atoms with Gasteiger partial charge in [-0.15, -0.1) is 12.4 Å². The fourth-order valence-corrected chi connectivity index (χ4v) is 4.54. The molecular formula is C23H23Cl2N7O. The SMILES string of the molecule is Cl.Nc1ncnc2c1c(-c1ccc(Oc3ccc(Cl)cn3)cc1)nn2C1CCC2(CC2)NC1. The van der Waals surface area contributed by atoms with E-state index in [0.29, 0.717) is 28.0 Å². The summed E-state index contributed by atoms with van der Waals surface area (Å²) in [4.78, 5) is 12.9. The first-order valence-corrected chi connectivity index (χ1v) is 11.1. The molecule has 1 saturated carbocycles. The number of pyridine rings is 1. The first kappa shape index (κ1) is 21.9. The molecule has 0 radical (unpaired) electrons. The predicted molar refractivity (Wildman–Crippen MR) is 130 cm³/mol. The molecule has 1 atom stereocenters. The van der Waals surface area contributed by atoms with Crippen LogP contribution in [0.25, 0.3) is 22.3 Å². The highest BCUT2D eigenvalue weighted by molar-refractivity contribution is 6.30. The van der Waals surface area contributed by atoms with E-state index in [9.17, 15) is 0 Å². The zero-order valence-corrected chi connectivity index (χ0v) is 19.3. The van der Waals surface area contributed by atoms with Crippen LogP contribution in [0, 0.1) is 0 Å². The molecule has 4 aromatic rings. The van der Waals surface area contributed by atoms with Crippen LogP contribution in [0.15, 0.2) is 48.9 Å². The van der Waals surface area contributed by atoms with Gasteiger partial charge in [-0.25, -0.2) is 19.6 Å². The molecule has 1 aromatic carbocycles. The van der Waals surface area contributed by atoms with E-state index in [4.69, 9.17) is 27.2 Å². The number of halogens is 2. The van der Waals surface area contributed by atoms with Crippen LogP contribution in [0.2, 0.25) is 5.02 Å². The third-order valence-corrected chi connectivity index (χ3v) is 6.66. The predicted octanol–water partition coefficient (Wildman–Crippen LogP) is 4.80. The minimum absolute atomic E-state index is 0. The molecular weight excluding hydrogens is 461 g/mol. The summed E-state index contributed by atoms with van der Waals surface area (Å²) < 4.78 is 7.83. The van der Waals surface area contributed by atoms with Crippen molar-refractivity contribution in [3.63, 3.8) is 0 Å². The van der Waals surface area contributed by atoms with Crippen molar-refractivity contribution in [2.75, 3.05) is 12.3 Å². The first-order chi connectivity index (χ1) is 15.6. The molecule has 1 aliphatic heterocycles. The molecule has 2 fully saturated rings. The lowest BCUT2D eigenvalue weighted by Gasteiger charge is -2.30. The third kappa shape index (κ3) is 4.10. The Morgan fingerprint density at radius 2 is 1.88 bits per heavy atom. The summed E-state index contributed by atoms with van der Waals surface area (Å²) in [5.41, 5.74) is 9.13. The average Bonchev–Trinajstić information content (AvgIpc) is 3.45. The topological polar surface area (TPSA) is 104 Å². The van der Waals surface area contributed by atoms with Crippen LogP contribution in [0.1, 0.15) is 31.7 Å². The second kappa shape index (κ2) is 8.44. The molecule has 1 unspecified atom stereocenters. The molecule has 33 heavy (non-hydrogen) atoms. The van der Waals surface area contributed by atoms with Crippen LogP contribution in [-0.2, 0) is 0 Å². The Morgan fingerprint density at radius 1 is 1.06 bits per heavy atom. The molecule has 170 valence electrons. The molecule has 1 saturated heterocycles. The van der Waals surface area contributed by atoms with Gasteiger partial charge in [-0.2, -0.15) is 5.10 Å². The van der Waals surface area contributed by atoms with Gasteiger partial charge >= 0.3 is 0 Å². The van der Waals surface area contributed by atoms with Gasteiger partial charge in [-0.3, -0.25) is 0 Å². The van der Waals surface area contributed by atoms with Gasteiger partial charge in [-0.1, -0.05) is 11.6 Å². The quantitative estimate of drug-likeness (QED) is 0.429. The van der Waals surface area contributed by atoms with Crippen LogP contribution >= 0.6 is 24.0 Å². The van der Waals surface area contributed by atoms with E-state index in [-0.39, 0.29) is 18.4 Å². The van der Waals surface area contributed by atoms with Crippen molar-refractivity contribution in [3.8, 4) is 22.9 Å². The van der Waals surface area contributed by atoms with Gasteiger partial charge in [0.05, 0.1) is 16.5 Å². The van der Waals surface area contributed by atoms with Crippen molar-refractivity contribution in [1.82, 2.24) is 30.0 Å². The zero-order valence-electron chi connectivity index (χ0n) is 17.7. The largest absolute Gasteiger partial charge is 0.439 e. The normalized spacial score (nSPS) is 18.8. The molecule has 8 nitrogen and oxygen atoms in total. The van der Waals surface area contributed by atoms with Crippen LogP contribution in [0.5, 0.6) is 11.6 Å². The Kier molecular flexibility index (Phi) is 5.60. The number of hydrogen-bond donors (Lipinski definition) is 2.